The van der Waals surface area contributed by atoms with Gasteiger partial charge in [0.25, 0.3) is 0 Å². The van der Waals surface area contributed by atoms with Crippen molar-refractivity contribution in [2.24, 2.45) is 0 Å². The molecule has 1 aliphatic rings. The number of nitrogens with zero attached hydrogens (tertiary/aromatic N) is 1. The molecule has 0 bridgehead atoms. The molecule has 0 spiro atoms. The number of carboxylic acid groups (broad SMARTS) is 1. The van der Waals surface area contributed by atoms with Gasteiger partial charge in [0, 0.05) is 12.1 Å². The van der Waals surface area contributed by atoms with Gasteiger partial charge in [-0.15, -0.1) is 0 Å². The van der Waals surface area contributed by atoms with E-state index in [0.717, 1.165) is 25.9 Å². The van der Waals surface area contributed by atoms with Crippen LogP contribution in [0.3, 0.4) is 0 Å². The SMILES string of the molecule is CCCNC(CN1CCCC1(C)C)C(=O)O. The first-order valence-electron chi connectivity index (χ1n) is 6.18. The fraction of sp³-hybridized carbons (Fsp3) is 0.917. The third-order valence-electron chi connectivity index (χ3n) is 3.41. The fourth-order valence-electron chi connectivity index (χ4n) is 2.27. The van der Waals surface area contributed by atoms with Crippen molar-refractivity contribution in [2.45, 2.75) is 51.6 Å². The van der Waals surface area contributed by atoms with E-state index in [-0.39, 0.29) is 5.54 Å². The lowest BCUT2D eigenvalue weighted by atomic mass is 10.0. The lowest BCUT2D eigenvalue weighted by molar-refractivity contribution is -0.140. The Morgan fingerprint density at radius 3 is 2.69 bits per heavy atom. The maximum atomic E-state index is 11.1. The van der Waals surface area contributed by atoms with Gasteiger partial charge in [-0.1, -0.05) is 6.92 Å². The van der Waals surface area contributed by atoms with Gasteiger partial charge in [0.1, 0.15) is 6.04 Å². The summed E-state index contributed by atoms with van der Waals surface area (Å²) in [5.74, 6) is -0.740. The van der Waals surface area contributed by atoms with Crippen LogP contribution < -0.4 is 5.32 Å². The molecule has 0 aliphatic carbocycles. The Labute approximate surface area is 98.0 Å². The predicted octanol–water partition coefficient (Wildman–Crippen LogP) is 1.31. The molecule has 0 radical (unpaired) electrons. The monoisotopic (exact) mass is 228 g/mol. The summed E-state index contributed by atoms with van der Waals surface area (Å²) >= 11 is 0. The van der Waals surface area contributed by atoms with Crippen molar-refractivity contribution in [2.75, 3.05) is 19.6 Å². The molecule has 1 rings (SSSR count). The normalized spacial score (nSPS) is 22.2. The first-order chi connectivity index (χ1) is 7.47. The van der Waals surface area contributed by atoms with Gasteiger partial charge in [0.2, 0.25) is 0 Å². The summed E-state index contributed by atoms with van der Waals surface area (Å²) in [5, 5.41) is 12.2. The van der Waals surface area contributed by atoms with Gasteiger partial charge in [0.15, 0.2) is 0 Å². The van der Waals surface area contributed by atoms with Gasteiger partial charge in [-0.2, -0.15) is 0 Å². The lowest BCUT2D eigenvalue weighted by Crippen LogP contribution is -2.50. The number of likely N-dealkylation sites (tertiary alicyclic amines) is 1. The second-order valence-electron chi connectivity index (χ2n) is 5.21. The fourth-order valence-corrected chi connectivity index (χ4v) is 2.27. The third-order valence-corrected chi connectivity index (χ3v) is 3.41. The molecule has 1 fully saturated rings. The summed E-state index contributed by atoms with van der Waals surface area (Å²) in [5.41, 5.74) is 0.154. The number of rotatable bonds is 6. The number of carbonyl (C=O) groups is 1. The topological polar surface area (TPSA) is 52.6 Å². The molecule has 0 saturated carbocycles. The predicted molar refractivity (Wildman–Crippen MR) is 64.6 cm³/mol. The zero-order chi connectivity index (χ0) is 12.2. The highest BCUT2D eigenvalue weighted by atomic mass is 16.4. The van der Waals surface area contributed by atoms with E-state index in [1.54, 1.807) is 0 Å². The largest absolute Gasteiger partial charge is 0.480 e. The number of aliphatic carboxylic acids is 1. The molecule has 4 nitrogen and oxygen atoms in total. The van der Waals surface area contributed by atoms with E-state index in [9.17, 15) is 4.79 Å². The molecule has 4 heteroatoms. The first-order valence-corrected chi connectivity index (χ1v) is 6.18. The van der Waals surface area contributed by atoms with Crippen LogP contribution in [0.4, 0.5) is 0 Å². The standard InChI is InChI=1S/C12H24N2O2/c1-4-7-13-10(11(15)16)9-14-8-5-6-12(14,2)3/h10,13H,4-9H2,1-3H3,(H,15,16). The Balaban J connectivity index is 2.51. The van der Waals surface area contributed by atoms with Crippen LogP contribution in [0.2, 0.25) is 0 Å². The van der Waals surface area contributed by atoms with Crippen LogP contribution in [0.15, 0.2) is 0 Å². The van der Waals surface area contributed by atoms with E-state index in [1.807, 2.05) is 6.92 Å². The second kappa shape index (κ2) is 5.64. The van der Waals surface area contributed by atoms with Crippen molar-refractivity contribution in [3.63, 3.8) is 0 Å². The average molecular weight is 228 g/mol. The highest BCUT2D eigenvalue weighted by molar-refractivity contribution is 5.73. The van der Waals surface area contributed by atoms with E-state index >= 15 is 0 Å². The Morgan fingerprint density at radius 1 is 1.56 bits per heavy atom. The molecule has 0 aromatic rings. The smallest absolute Gasteiger partial charge is 0.322 e. The minimum atomic E-state index is -0.740. The average Bonchev–Trinajstić information content (AvgIpc) is 2.52. The summed E-state index contributed by atoms with van der Waals surface area (Å²) in [6.45, 7) is 8.83. The molecular weight excluding hydrogens is 204 g/mol. The lowest BCUT2D eigenvalue weighted by Gasteiger charge is -2.33. The Hall–Kier alpha value is -0.610. The zero-order valence-electron chi connectivity index (χ0n) is 10.6. The van der Waals surface area contributed by atoms with Crippen molar-refractivity contribution in [3.8, 4) is 0 Å². The van der Waals surface area contributed by atoms with E-state index in [0.29, 0.717) is 6.54 Å². The second-order valence-corrected chi connectivity index (χ2v) is 5.21. The van der Waals surface area contributed by atoms with Crippen LogP contribution in [0, 0.1) is 0 Å². The van der Waals surface area contributed by atoms with Crippen LogP contribution in [-0.4, -0.2) is 47.2 Å². The number of nitrogens with one attached hydrogen (secondary N) is 1. The molecule has 0 aromatic heterocycles. The third kappa shape index (κ3) is 3.46. The number of hydrogen-bond acceptors (Lipinski definition) is 3. The molecule has 2 N–H and O–H groups in total. The molecule has 0 aromatic carbocycles. The van der Waals surface area contributed by atoms with Crippen LogP contribution in [-0.2, 0) is 4.79 Å². The summed E-state index contributed by atoms with van der Waals surface area (Å²) in [6.07, 6.45) is 3.30. The van der Waals surface area contributed by atoms with Crippen molar-refractivity contribution < 1.29 is 9.90 Å². The highest BCUT2D eigenvalue weighted by Gasteiger charge is 2.34. The molecule has 94 valence electrons. The van der Waals surface area contributed by atoms with E-state index < -0.39 is 12.0 Å². The van der Waals surface area contributed by atoms with Gasteiger partial charge in [-0.3, -0.25) is 9.69 Å². The Bertz CT molecular complexity index is 241. The van der Waals surface area contributed by atoms with Crippen molar-refractivity contribution >= 4 is 5.97 Å². The Kier molecular flexibility index (Phi) is 4.74. The molecular formula is C12H24N2O2. The quantitative estimate of drug-likeness (QED) is 0.720. The Morgan fingerprint density at radius 2 is 2.25 bits per heavy atom. The molecule has 0 amide bonds. The van der Waals surface area contributed by atoms with Gasteiger partial charge in [-0.05, 0) is 46.2 Å². The summed E-state index contributed by atoms with van der Waals surface area (Å²) in [7, 11) is 0. The van der Waals surface area contributed by atoms with Gasteiger partial charge >= 0.3 is 5.97 Å². The van der Waals surface area contributed by atoms with Crippen LogP contribution in [0.25, 0.3) is 0 Å². The first kappa shape index (κ1) is 13.5. The minimum absolute atomic E-state index is 0.154. The minimum Gasteiger partial charge on any atom is -0.480 e. The molecule has 1 unspecified atom stereocenters. The van der Waals surface area contributed by atoms with Crippen LogP contribution >= 0.6 is 0 Å². The molecule has 16 heavy (non-hydrogen) atoms. The van der Waals surface area contributed by atoms with E-state index in [2.05, 4.69) is 24.1 Å². The van der Waals surface area contributed by atoms with Crippen molar-refractivity contribution in [1.82, 2.24) is 10.2 Å². The van der Waals surface area contributed by atoms with E-state index in [1.165, 1.54) is 6.42 Å². The van der Waals surface area contributed by atoms with Crippen molar-refractivity contribution in [3.05, 3.63) is 0 Å². The van der Waals surface area contributed by atoms with E-state index in [4.69, 9.17) is 5.11 Å². The van der Waals surface area contributed by atoms with Crippen LogP contribution in [0.5, 0.6) is 0 Å². The van der Waals surface area contributed by atoms with Crippen molar-refractivity contribution in [1.29, 1.82) is 0 Å². The number of carboxylic acids is 1. The summed E-state index contributed by atoms with van der Waals surface area (Å²) in [4.78, 5) is 13.4. The van der Waals surface area contributed by atoms with Gasteiger partial charge in [-0.25, -0.2) is 0 Å². The summed E-state index contributed by atoms with van der Waals surface area (Å²) < 4.78 is 0. The highest BCUT2D eigenvalue weighted by Crippen LogP contribution is 2.27. The molecule has 1 aliphatic heterocycles. The van der Waals surface area contributed by atoms with Gasteiger partial charge in [0.05, 0.1) is 0 Å². The maximum Gasteiger partial charge on any atom is 0.322 e. The van der Waals surface area contributed by atoms with Crippen LogP contribution in [0.1, 0.15) is 40.0 Å². The molecule has 1 heterocycles. The maximum absolute atomic E-state index is 11.1. The summed E-state index contributed by atoms with van der Waals surface area (Å²) in [6, 6.07) is -0.433. The molecule has 1 atom stereocenters. The number of hydrogen-bond donors (Lipinski definition) is 2. The molecule has 1 saturated heterocycles. The van der Waals surface area contributed by atoms with Gasteiger partial charge < -0.3 is 10.4 Å². The zero-order valence-corrected chi connectivity index (χ0v) is 10.6.